The van der Waals surface area contributed by atoms with E-state index in [0.29, 0.717) is 24.2 Å². The highest BCUT2D eigenvalue weighted by atomic mass is 32.2. The number of thioether (sulfide) groups is 1. The normalized spacial score (nSPS) is 13.5. The van der Waals surface area contributed by atoms with Crippen molar-refractivity contribution in [3.05, 3.63) is 54.1 Å². The molecule has 3 amide bonds. The molecule has 0 aliphatic carbocycles. The van der Waals surface area contributed by atoms with Crippen molar-refractivity contribution in [1.82, 2.24) is 5.32 Å². The molecule has 0 aromatic heterocycles. The predicted octanol–water partition coefficient (Wildman–Crippen LogP) is 2.90. The van der Waals surface area contributed by atoms with Crippen molar-refractivity contribution < 1.29 is 14.4 Å². The molecule has 3 rings (SSSR count). The number of amides is 3. The maximum atomic E-state index is 12.2. The van der Waals surface area contributed by atoms with Crippen LogP contribution in [-0.2, 0) is 9.59 Å². The predicted molar refractivity (Wildman–Crippen MR) is 107 cm³/mol. The number of anilines is 2. The van der Waals surface area contributed by atoms with Gasteiger partial charge in [0.05, 0.1) is 6.54 Å². The molecule has 0 saturated carbocycles. The van der Waals surface area contributed by atoms with E-state index >= 15 is 0 Å². The fourth-order valence-corrected chi connectivity index (χ4v) is 3.26. The van der Waals surface area contributed by atoms with Gasteiger partial charge in [-0.25, -0.2) is 0 Å². The molecular formula is C20H21N3O3S. The Balaban J connectivity index is 1.50. The van der Waals surface area contributed by atoms with Crippen LogP contribution in [0.25, 0.3) is 0 Å². The molecule has 1 heterocycles. The van der Waals surface area contributed by atoms with E-state index in [4.69, 9.17) is 0 Å². The van der Waals surface area contributed by atoms with E-state index in [1.165, 1.54) is 0 Å². The van der Waals surface area contributed by atoms with E-state index < -0.39 is 0 Å². The summed E-state index contributed by atoms with van der Waals surface area (Å²) in [5.41, 5.74) is 1.93. The second kappa shape index (κ2) is 8.73. The van der Waals surface area contributed by atoms with E-state index in [9.17, 15) is 14.4 Å². The lowest BCUT2D eigenvalue weighted by atomic mass is 10.2. The number of nitrogens with zero attached hydrogens (tertiary/aromatic N) is 1. The number of rotatable bonds is 6. The smallest absolute Gasteiger partial charge is 0.251 e. The highest BCUT2D eigenvalue weighted by Crippen LogP contribution is 2.21. The summed E-state index contributed by atoms with van der Waals surface area (Å²) in [5.74, 6) is -0.517. The fraction of sp³-hybridized carbons (Fsp3) is 0.250. The van der Waals surface area contributed by atoms with Crippen molar-refractivity contribution in [2.45, 2.75) is 17.7 Å². The van der Waals surface area contributed by atoms with Gasteiger partial charge >= 0.3 is 0 Å². The highest BCUT2D eigenvalue weighted by molar-refractivity contribution is 7.98. The minimum absolute atomic E-state index is 0.106. The molecular weight excluding hydrogens is 362 g/mol. The number of hydrogen-bond acceptors (Lipinski definition) is 4. The first-order chi connectivity index (χ1) is 13.1. The molecule has 1 fully saturated rings. The molecule has 2 aromatic rings. The van der Waals surface area contributed by atoms with Gasteiger partial charge in [0.15, 0.2) is 0 Å². The SMILES string of the molecule is CSc1ccc(NC(=O)CNC(=O)c2ccc(N3CCCC3=O)cc2)cc1. The summed E-state index contributed by atoms with van der Waals surface area (Å²) in [6.45, 7) is 0.595. The third-order valence-corrected chi connectivity index (χ3v) is 5.04. The summed E-state index contributed by atoms with van der Waals surface area (Å²) >= 11 is 1.63. The molecule has 27 heavy (non-hydrogen) atoms. The number of nitrogens with one attached hydrogen (secondary N) is 2. The van der Waals surface area contributed by atoms with Crippen LogP contribution >= 0.6 is 11.8 Å². The van der Waals surface area contributed by atoms with Crippen LogP contribution in [0, 0.1) is 0 Å². The molecule has 0 bridgehead atoms. The third kappa shape index (κ3) is 4.89. The van der Waals surface area contributed by atoms with Gasteiger partial charge in [-0.15, -0.1) is 11.8 Å². The first-order valence-corrected chi connectivity index (χ1v) is 9.92. The molecule has 0 atom stereocenters. The number of carbonyl (C=O) groups is 3. The topological polar surface area (TPSA) is 78.5 Å². The van der Waals surface area contributed by atoms with Crippen LogP contribution in [0.5, 0.6) is 0 Å². The average Bonchev–Trinajstić information content (AvgIpc) is 3.13. The Kier molecular flexibility index (Phi) is 6.13. The molecule has 0 spiro atoms. The summed E-state index contributed by atoms with van der Waals surface area (Å²) in [4.78, 5) is 38.8. The minimum Gasteiger partial charge on any atom is -0.343 e. The second-order valence-electron chi connectivity index (χ2n) is 6.16. The van der Waals surface area contributed by atoms with E-state index in [2.05, 4.69) is 10.6 Å². The lowest BCUT2D eigenvalue weighted by molar-refractivity contribution is -0.117. The zero-order valence-corrected chi connectivity index (χ0v) is 15.8. The Bertz CT molecular complexity index is 835. The first-order valence-electron chi connectivity index (χ1n) is 8.69. The number of hydrogen-bond donors (Lipinski definition) is 2. The Morgan fingerprint density at radius 1 is 1.07 bits per heavy atom. The Hall–Kier alpha value is -2.80. The van der Waals surface area contributed by atoms with Crippen molar-refractivity contribution in [3.63, 3.8) is 0 Å². The average molecular weight is 383 g/mol. The van der Waals surface area contributed by atoms with E-state index in [1.807, 2.05) is 30.5 Å². The van der Waals surface area contributed by atoms with Crippen LogP contribution < -0.4 is 15.5 Å². The van der Waals surface area contributed by atoms with Gasteiger partial charge in [0, 0.05) is 34.8 Å². The van der Waals surface area contributed by atoms with Crippen molar-refractivity contribution in [2.24, 2.45) is 0 Å². The maximum absolute atomic E-state index is 12.2. The molecule has 2 N–H and O–H groups in total. The Labute approximate surface area is 162 Å². The standard InChI is InChI=1S/C20H21N3O3S/c1-27-17-10-6-15(7-11-17)22-18(24)13-21-20(26)14-4-8-16(9-5-14)23-12-2-3-19(23)25/h4-11H,2-3,12-13H2,1H3,(H,21,26)(H,22,24). The van der Waals surface area contributed by atoms with Gasteiger partial charge in [0.2, 0.25) is 11.8 Å². The zero-order chi connectivity index (χ0) is 19.2. The van der Waals surface area contributed by atoms with Crippen molar-refractivity contribution in [3.8, 4) is 0 Å². The summed E-state index contributed by atoms with van der Waals surface area (Å²) in [6.07, 6.45) is 3.41. The molecule has 1 saturated heterocycles. The summed E-state index contributed by atoms with van der Waals surface area (Å²) < 4.78 is 0. The molecule has 140 valence electrons. The van der Waals surface area contributed by atoms with Gasteiger partial charge in [0.25, 0.3) is 5.91 Å². The number of benzene rings is 2. The van der Waals surface area contributed by atoms with Gasteiger partial charge in [-0.1, -0.05) is 0 Å². The van der Waals surface area contributed by atoms with Crippen LogP contribution in [0.4, 0.5) is 11.4 Å². The van der Waals surface area contributed by atoms with Crippen molar-refractivity contribution >= 4 is 40.9 Å². The van der Waals surface area contributed by atoms with Crippen LogP contribution in [0.3, 0.4) is 0 Å². The summed E-state index contributed by atoms with van der Waals surface area (Å²) in [7, 11) is 0. The van der Waals surface area contributed by atoms with Gasteiger partial charge in [0.1, 0.15) is 0 Å². The Morgan fingerprint density at radius 2 is 1.78 bits per heavy atom. The zero-order valence-electron chi connectivity index (χ0n) is 15.0. The van der Waals surface area contributed by atoms with Gasteiger partial charge in [-0.3, -0.25) is 14.4 Å². The third-order valence-electron chi connectivity index (χ3n) is 4.30. The molecule has 0 unspecified atom stereocenters. The molecule has 1 aliphatic heterocycles. The van der Waals surface area contributed by atoms with Gasteiger partial charge in [-0.2, -0.15) is 0 Å². The maximum Gasteiger partial charge on any atom is 0.251 e. The quantitative estimate of drug-likeness (QED) is 0.752. The monoisotopic (exact) mass is 383 g/mol. The summed E-state index contributed by atoms with van der Waals surface area (Å²) in [5, 5.41) is 5.35. The highest BCUT2D eigenvalue weighted by Gasteiger charge is 2.21. The minimum atomic E-state index is -0.331. The van der Waals surface area contributed by atoms with E-state index in [0.717, 1.165) is 17.0 Å². The van der Waals surface area contributed by atoms with E-state index in [1.54, 1.807) is 40.9 Å². The molecule has 6 nitrogen and oxygen atoms in total. The largest absolute Gasteiger partial charge is 0.343 e. The fourth-order valence-electron chi connectivity index (χ4n) is 2.86. The molecule has 7 heteroatoms. The first kappa shape index (κ1) is 19.0. The molecule has 0 radical (unpaired) electrons. The van der Waals surface area contributed by atoms with Gasteiger partial charge in [-0.05, 0) is 61.2 Å². The number of carbonyl (C=O) groups excluding carboxylic acids is 3. The molecule has 2 aromatic carbocycles. The summed E-state index contributed by atoms with van der Waals surface area (Å²) in [6, 6.07) is 14.3. The van der Waals surface area contributed by atoms with Crippen LogP contribution in [-0.4, -0.2) is 37.1 Å². The van der Waals surface area contributed by atoms with E-state index in [-0.39, 0.29) is 24.3 Å². The lowest BCUT2D eigenvalue weighted by Crippen LogP contribution is -2.32. The van der Waals surface area contributed by atoms with Crippen molar-refractivity contribution in [1.29, 1.82) is 0 Å². The van der Waals surface area contributed by atoms with Crippen LogP contribution in [0.15, 0.2) is 53.4 Å². The van der Waals surface area contributed by atoms with Crippen LogP contribution in [0.1, 0.15) is 23.2 Å². The second-order valence-corrected chi connectivity index (χ2v) is 7.03. The van der Waals surface area contributed by atoms with Gasteiger partial charge < -0.3 is 15.5 Å². The lowest BCUT2D eigenvalue weighted by Gasteiger charge is -2.15. The van der Waals surface area contributed by atoms with Crippen LogP contribution in [0.2, 0.25) is 0 Å². The molecule has 1 aliphatic rings. The van der Waals surface area contributed by atoms with Crippen molar-refractivity contribution in [2.75, 3.05) is 29.6 Å². The Morgan fingerprint density at radius 3 is 2.37 bits per heavy atom.